The number of piperidine rings is 1. The molecule has 1 amide bonds. The summed E-state index contributed by atoms with van der Waals surface area (Å²) in [6.45, 7) is 3.86. The normalized spacial score (nSPS) is 23.8. The van der Waals surface area contributed by atoms with Crippen LogP contribution in [0.15, 0.2) is 41.2 Å². The molecule has 5 rings (SSSR count). The number of carbonyl (C=O) groups excluding carboxylic acids is 1. The minimum Gasteiger partial charge on any atom is -0.338 e. The Labute approximate surface area is 196 Å². The monoisotopic (exact) mass is 448 g/mol. The van der Waals surface area contributed by atoms with Crippen LogP contribution in [0.4, 0.5) is 0 Å². The van der Waals surface area contributed by atoms with E-state index in [1.807, 2.05) is 10.6 Å². The van der Waals surface area contributed by atoms with E-state index in [1.54, 1.807) is 6.07 Å². The Hall–Kier alpha value is -2.47. The lowest BCUT2D eigenvalue weighted by Gasteiger charge is -2.37. The highest BCUT2D eigenvalue weighted by atomic mass is 16.2. The van der Waals surface area contributed by atoms with Gasteiger partial charge in [0.25, 0.3) is 5.56 Å². The average Bonchev–Trinajstić information content (AvgIpc) is 3.15. The van der Waals surface area contributed by atoms with Crippen LogP contribution in [0.25, 0.3) is 0 Å². The van der Waals surface area contributed by atoms with Crippen molar-refractivity contribution in [3.05, 3.63) is 63.8 Å². The molecule has 1 aromatic carbocycles. The van der Waals surface area contributed by atoms with Crippen molar-refractivity contribution < 1.29 is 4.79 Å². The van der Waals surface area contributed by atoms with Crippen LogP contribution in [-0.4, -0.2) is 57.5 Å². The summed E-state index contributed by atoms with van der Waals surface area (Å²) < 4.78 is 1.87. The van der Waals surface area contributed by atoms with Gasteiger partial charge in [-0.25, -0.2) is 4.98 Å². The standard InChI is InChI=1S/C27H36N4O2/c32-26-18-24(28-25-12-5-2-7-15-31(25)26)22-13-16-29(19-22)20-27(33)30-14-8-6-11-23(30)17-21-9-3-1-4-10-21/h1,3-4,9-10,18,22-23H,2,5-8,11-17,19-20H2/t22-,23-/m0/s1. The number of carbonyl (C=O) groups is 1. The fourth-order valence-corrected chi connectivity index (χ4v) is 5.87. The highest BCUT2D eigenvalue weighted by molar-refractivity contribution is 5.78. The molecule has 0 unspecified atom stereocenters. The fourth-order valence-electron chi connectivity index (χ4n) is 5.87. The number of nitrogens with zero attached hydrogens (tertiary/aromatic N) is 4. The first-order valence-corrected chi connectivity index (χ1v) is 12.8. The molecule has 0 spiro atoms. The summed E-state index contributed by atoms with van der Waals surface area (Å²) in [6.07, 6.45) is 9.54. The molecular formula is C27H36N4O2. The first-order valence-electron chi connectivity index (χ1n) is 12.8. The highest BCUT2D eigenvalue weighted by Crippen LogP contribution is 2.27. The van der Waals surface area contributed by atoms with Crippen LogP contribution in [0.2, 0.25) is 0 Å². The molecule has 0 saturated carbocycles. The molecule has 2 saturated heterocycles. The van der Waals surface area contributed by atoms with Crippen LogP contribution in [-0.2, 0) is 24.2 Å². The summed E-state index contributed by atoms with van der Waals surface area (Å²) in [6, 6.07) is 12.6. The maximum absolute atomic E-state index is 13.3. The van der Waals surface area contributed by atoms with E-state index in [1.165, 1.54) is 18.4 Å². The average molecular weight is 449 g/mol. The third-order valence-electron chi connectivity index (χ3n) is 7.70. The second-order valence-corrected chi connectivity index (χ2v) is 10.0. The van der Waals surface area contributed by atoms with Gasteiger partial charge in [-0.15, -0.1) is 0 Å². The molecule has 33 heavy (non-hydrogen) atoms. The highest BCUT2D eigenvalue weighted by Gasteiger charge is 2.31. The number of likely N-dealkylation sites (tertiary alicyclic amines) is 2. The summed E-state index contributed by atoms with van der Waals surface area (Å²) in [5, 5.41) is 0. The van der Waals surface area contributed by atoms with Crippen LogP contribution in [0.1, 0.15) is 67.9 Å². The Morgan fingerprint density at radius 1 is 0.970 bits per heavy atom. The molecule has 2 aromatic rings. The van der Waals surface area contributed by atoms with Crippen molar-refractivity contribution in [2.24, 2.45) is 0 Å². The summed E-state index contributed by atoms with van der Waals surface area (Å²) in [7, 11) is 0. The molecule has 6 heteroatoms. The number of aryl methyl sites for hydroxylation is 1. The molecule has 2 fully saturated rings. The summed E-state index contributed by atoms with van der Waals surface area (Å²) in [4.78, 5) is 35.3. The first-order chi connectivity index (χ1) is 16.2. The Balaban J connectivity index is 1.22. The van der Waals surface area contributed by atoms with Crippen molar-refractivity contribution in [2.45, 2.75) is 76.3 Å². The molecular weight excluding hydrogens is 412 g/mol. The first kappa shape index (κ1) is 22.3. The van der Waals surface area contributed by atoms with E-state index in [9.17, 15) is 9.59 Å². The van der Waals surface area contributed by atoms with Gasteiger partial charge in [-0.05, 0) is 57.1 Å². The lowest BCUT2D eigenvalue weighted by molar-refractivity contribution is -0.135. The van der Waals surface area contributed by atoms with Gasteiger partial charge in [0.15, 0.2) is 0 Å². The quantitative estimate of drug-likeness (QED) is 0.704. The predicted octanol–water partition coefficient (Wildman–Crippen LogP) is 3.38. The summed E-state index contributed by atoms with van der Waals surface area (Å²) in [5.41, 5.74) is 2.34. The van der Waals surface area contributed by atoms with Gasteiger partial charge in [-0.1, -0.05) is 36.8 Å². The second kappa shape index (κ2) is 10.2. The SMILES string of the molecule is O=C(CN1CC[C@H](c2cc(=O)n3c(n2)CCCCC3)C1)N1CCCC[C@H]1Cc1ccccc1. The Bertz CT molecular complexity index is 1020. The second-order valence-electron chi connectivity index (χ2n) is 10.0. The van der Waals surface area contributed by atoms with E-state index in [0.717, 1.165) is 82.6 Å². The van der Waals surface area contributed by atoms with Crippen LogP contribution >= 0.6 is 0 Å². The smallest absolute Gasteiger partial charge is 0.253 e. The molecule has 4 heterocycles. The van der Waals surface area contributed by atoms with Crippen molar-refractivity contribution >= 4 is 5.91 Å². The molecule has 3 aliphatic heterocycles. The molecule has 0 N–H and O–H groups in total. The maximum atomic E-state index is 13.3. The number of hydrogen-bond donors (Lipinski definition) is 0. The molecule has 0 radical (unpaired) electrons. The van der Waals surface area contributed by atoms with Crippen molar-refractivity contribution in [3.63, 3.8) is 0 Å². The van der Waals surface area contributed by atoms with Crippen LogP contribution in [0, 0.1) is 0 Å². The molecule has 0 aliphatic carbocycles. The van der Waals surface area contributed by atoms with E-state index in [0.29, 0.717) is 12.6 Å². The largest absolute Gasteiger partial charge is 0.338 e. The van der Waals surface area contributed by atoms with Gasteiger partial charge in [0.1, 0.15) is 5.82 Å². The van der Waals surface area contributed by atoms with Gasteiger partial charge in [-0.3, -0.25) is 19.1 Å². The summed E-state index contributed by atoms with van der Waals surface area (Å²) >= 11 is 0. The number of fused-ring (bicyclic) bond motifs is 1. The van der Waals surface area contributed by atoms with Gasteiger partial charge >= 0.3 is 0 Å². The zero-order valence-electron chi connectivity index (χ0n) is 19.6. The van der Waals surface area contributed by atoms with E-state index in [4.69, 9.17) is 4.98 Å². The zero-order valence-corrected chi connectivity index (χ0v) is 19.6. The van der Waals surface area contributed by atoms with E-state index in [2.05, 4.69) is 34.1 Å². The predicted molar refractivity (Wildman–Crippen MR) is 129 cm³/mol. The molecule has 0 bridgehead atoms. The minimum atomic E-state index is 0.100. The van der Waals surface area contributed by atoms with Crippen molar-refractivity contribution in [3.8, 4) is 0 Å². The van der Waals surface area contributed by atoms with E-state index >= 15 is 0 Å². The number of aromatic nitrogens is 2. The molecule has 1 aromatic heterocycles. The molecule has 3 aliphatic rings. The van der Waals surface area contributed by atoms with Gasteiger partial charge < -0.3 is 4.90 Å². The van der Waals surface area contributed by atoms with Crippen LogP contribution < -0.4 is 5.56 Å². The van der Waals surface area contributed by atoms with Crippen LogP contribution in [0.5, 0.6) is 0 Å². The lowest BCUT2D eigenvalue weighted by Crippen LogP contribution is -2.48. The van der Waals surface area contributed by atoms with E-state index in [-0.39, 0.29) is 17.4 Å². The third kappa shape index (κ3) is 5.21. The Morgan fingerprint density at radius 3 is 2.70 bits per heavy atom. The number of amides is 1. The van der Waals surface area contributed by atoms with Gasteiger partial charge in [0.2, 0.25) is 5.91 Å². The topological polar surface area (TPSA) is 58.4 Å². The lowest BCUT2D eigenvalue weighted by atomic mass is 9.95. The molecule has 176 valence electrons. The van der Waals surface area contributed by atoms with Gasteiger partial charge in [0.05, 0.1) is 12.2 Å². The summed E-state index contributed by atoms with van der Waals surface area (Å²) in [5.74, 6) is 1.47. The van der Waals surface area contributed by atoms with Crippen molar-refractivity contribution in [1.29, 1.82) is 0 Å². The Morgan fingerprint density at radius 2 is 1.82 bits per heavy atom. The third-order valence-corrected chi connectivity index (χ3v) is 7.70. The van der Waals surface area contributed by atoms with Crippen LogP contribution in [0.3, 0.4) is 0 Å². The van der Waals surface area contributed by atoms with Crippen molar-refractivity contribution in [1.82, 2.24) is 19.4 Å². The van der Waals surface area contributed by atoms with Gasteiger partial charge in [-0.2, -0.15) is 0 Å². The van der Waals surface area contributed by atoms with Gasteiger partial charge in [0, 0.05) is 44.1 Å². The number of benzene rings is 1. The zero-order chi connectivity index (χ0) is 22.6. The number of hydrogen-bond acceptors (Lipinski definition) is 4. The van der Waals surface area contributed by atoms with Crippen molar-refractivity contribution in [2.75, 3.05) is 26.2 Å². The minimum absolute atomic E-state index is 0.100. The molecule has 6 nitrogen and oxygen atoms in total. The maximum Gasteiger partial charge on any atom is 0.253 e. The number of rotatable bonds is 5. The van der Waals surface area contributed by atoms with E-state index < -0.39 is 0 Å². The Kier molecular flexibility index (Phi) is 6.91. The fraction of sp³-hybridized carbons (Fsp3) is 0.593. The molecule has 2 atom stereocenters.